The summed E-state index contributed by atoms with van der Waals surface area (Å²) in [6.07, 6.45) is 2.01. The molecule has 14 heteroatoms. The Morgan fingerprint density at radius 2 is 1.95 bits per heavy atom. The summed E-state index contributed by atoms with van der Waals surface area (Å²) in [7, 11) is 4.69. The van der Waals surface area contributed by atoms with Crippen molar-refractivity contribution >= 4 is 17.5 Å². The molecule has 4 rings (SSSR count). The zero-order chi connectivity index (χ0) is 29.5. The van der Waals surface area contributed by atoms with Gasteiger partial charge in [-0.05, 0) is 48.4 Å². The lowest BCUT2D eigenvalue weighted by Crippen LogP contribution is -2.18. The van der Waals surface area contributed by atoms with E-state index in [4.69, 9.17) is 30.1 Å². The van der Waals surface area contributed by atoms with E-state index in [0.717, 1.165) is 10.2 Å². The lowest BCUT2D eigenvalue weighted by molar-refractivity contribution is -0.131. The van der Waals surface area contributed by atoms with E-state index in [-0.39, 0.29) is 28.8 Å². The van der Waals surface area contributed by atoms with Gasteiger partial charge in [0.05, 0.1) is 26.4 Å². The first-order chi connectivity index (χ1) is 19.7. The number of rotatable bonds is 12. The topological polar surface area (TPSA) is 192 Å². The van der Waals surface area contributed by atoms with Crippen molar-refractivity contribution in [3.8, 4) is 23.1 Å². The number of methoxy groups -OCH3 is 3. The van der Waals surface area contributed by atoms with E-state index in [9.17, 15) is 9.59 Å². The number of nitrogens with two attached hydrogens (primary N) is 1. The molecule has 0 aliphatic carbocycles. The Morgan fingerprint density at radius 1 is 1.15 bits per heavy atom. The summed E-state index contributed by atoms with van der Waals surface area (Å²) in [4.78, 5) is 27.5. The van der Waals surface area contributed by atoms with Crippen LogP contribution in [0.15, 0.2) is 53.5 Å². The third kappa shape index (κ3) is 6.50. The third-order valence-corrected chi connectivity index (χ3v) is 6.01. The molecule has 2 aromatic heterocycles. The fourth-order valence-corrected chi connectivity index (χ4v) is 4.21. The van der Waals surface area contributed by atoms with Gasteiger partial charge < -0.3 is 30.0 Å². The van der Waals surface area contributed by atoms with Crippen molar-refractivity contribution in [2.45, 2.75) is 19.4 Å². The molecule has 2 heterocycles. The Morgan fingerprint density at radius 3 is 2.59 bits per heavy atom. The van der Waals surface area contributed by atoms with Crippen LogP contribution in [0.1, 0.15) is 35.5 Å². The summed E-state index contributed by atoms with van der Waals surface area (Å²) in [6, 6.07) is 10.9. The molecule has 0 aliphatic rings. The average molecular weight is 563 g/mol. The number of nitrogens with zero attached hydrogens (tertiary/aromatic N) is 4. The van der Waals surface area contributed by atoms with E-state index in [1.807, 2.05) is 6.07 Å². The highest BCUT2D eigenvalue weighted by atomic mass is 16.5. The summed E-state index contributed by atoms with van der Waals surface area (Å²) in [5.41, 5.74) is 7.36. The zero-order valence-corrected chi connectivity index (χ0v) is 22.9. The zero-order valence-electron chi connectivity index (χ0n) is 22.9. The molecule has 5 N–H and O–H groups in total. The van der Waals surface area contributed by atoms with E-state index < -0.39 is 17.7 Å². The number of H-pyrrole nitrogens is 1. The maximum atomic E-state index is 12.9. The monoisotopic (exact) mass is 562 g/mol. The molecule has 14 nitrogen and oxygen atoms in total. The van der Waals surface area contributed by atoms with Crippen LogP contribution in [0, 0.1) is 5.41 Å². The second kappa shape index (κ2) is 12.7. The number of amidine groups is 1. The fraction of sp³-hybridized carbons (Fsp3) is 0.259. The normalized spacial score (nSPS) is 11.5. The maximum absolute atomic E-state index is 12.9. The van der Waals surface area contributed by atoms with Crippen molar-refractivity contribution in [3.05, 3.63) is 81.7 Å². The molecular formula is C27H30N8O6. The Bertz CT molecular complexity index is 1600. The van der Waals surface area contributed by atoms with Gasteiger partial charge in [0.2, 0.25) is 0 Å². The van der Waals surface area contributed by atoms with E-state index in [1.54, 1.807) is 44.6 Å². The largest absolute Gasteiger partial charge is 0.493 e. The highest BCUT2D eigenvalue weighted by Gasteiger charge is 2.25. The number of aromatic nitrogens is 5. The van der Waals surface area contributed by atoms with E-state index in [2.05, 4.69) is 25.6 Å². The SMILES string of the molecule is COCCc1cc([C@H](Nc2ccc(C(=N)N)c(OC(C)=O)c2)c2nn(-c3cccnn3)c(=O)[nH]2)cc(OC)c1OC. The molecule has 4 aromatic rings. The molecule has 0 bridgehead atoms. The van der Waals surface area contributed by atoms with Gasteiger partial charge in [-0.2, -0.15) is 9.78 Å². The van der Waals surface area contributed by atoms with Crippen molar-refractivity contribution in [1.29, 1.82) is 5.41 Å². The Labute approximate surface area is 234 Å². The van der Waals surface area contributed by atoms with Crippen molar-refractivity contribution in [3.63, 3.8) is 0 Å². The Balaban J connectivity index is 1.88. The predicted octanol–water partition coefficient (Wildman–Crippen LogP) is 1.97. The molecule has 0 fully saturated rings. The van der Waals surface area contributed by atoms with Crippen LogP contribution in [-0.2, 0) is 16.0 Å². The summed E-state index contributed by atoms with van der Waals surface area (Å²) in [6.45, 7) is 1.68. The fourth-order valence-electron chi connectivity index (χ4n) is 4.21. The number of anilines is 1. The first-order valence-corrected chi connectivity index (χ1v) is 12.4. The number of ether oxygens (including phenoxy) is 4. The average Bonchev–Trinajstić information content (AvgIpc) is 3.35. The van der Waals surface area contributed by atoms with Gasteiger partial charge in [0.1, 0.15) is 17.6 Å². The smallest absolute Gasteiger partial charge is 0.349 e. The molecule has 0 spiro atoms. The summed E-state index contributed by atoms with van der Waals surface area (Å²) in [5, 5.41) is 23.5. The molecule has 0 saturated heterocycles. The molecule has 0 unspecified atom stereocenters. The van der Waals surface area contributed by atoms with Gasteiger partial charge in [-0.15, -0.1) is 10.2 Å². The van der Waals surface area contributed by atoms with Crippen LogP contribution in [0.25, 0.3) is 5.82 Å². The number of nitrogens with one attached hydrogen (secondary N) is 3. The van der Waals surface area contributed by atoms with Crippen LogP contribution < -0.4 is 31.0 Å². The molecule has 214 valence electrons. The minimum atomic E-state index is -0.755. The number of carbonyl (C=O) groups is 1. The predicted molar refractivity (Wildman–Crippen MR) is 149 cm³/mol. The molecule has 0 amide bonds. The number of benzene rings is 2. The first kappa shape index (κ1) is 28.8. The molecule has 0 radical (unpaired) electrons. The van der Waals surface area contributed by atoms with Crippen molar-refractivity contribution in [1.82, 2.24) is 25.0 Å². The molecule has 2 aromatic carbocycles. The van der Waals surface area contributed by atoms with Crippen LogP contribution >= 0.6 is 0 Å². The molecule has 0 aliphatic heterocycles. The summed E-state index contributed by atoms with van der Waals surface area (Å²) >= 11 is 0. The van der Waals surface area contributed by atoms with Crippen LogP contribution in [0.2, 0.25) is 0 Å². The Kier molecular flexibility index (Phi) is 8.94. The second-order valence-corrected chi connectivity index (χ2v) is 8.76. The van der Waals surface area contributed by atoms with E-state index >= 15 is 0 Å². The number of carbonyl (C=O) groups excluding carboxylic acids is 1. The van der Waals surface area contributed by atoms with Crippen LogP contribution in [0.5, 0.6) is 17.2 Å². The van der Waals surface area contributed by atoms with Crippen LogP contribution in [0.3, 0.4) is 0 Å². The molecule has 41 heavy (non-hydrogen) atoms. The lowest BCUT2D eigenvalue weighted by atomic mass is 9.99. The van der Waals surface area contributed by atoms with Gasteiger partial charge in [-0.1, -0.05) is 0 Å². The standard InChI is InChI=1S/C27H30N8O6/c1-15(36)41-20-14-18(7-8-19(20)25(28)29)31-23(26-32-27(37)35(34-26)22-6-5-10-30-33-22)17-12-16(9-11-38-2)24(40-4)21(13-17)39-3/h5-8,10,12-14,23,31H,9,11H2,1-4H3,(H3,28,29)(H,32,34,37)/t23-/m0/s1. The summed E-state index contributed by atoms with van der Waals surface area (Å²) < 4.78 is 22.9. The van der Waals surface area contributed by atoms with E-state index in [0.29, 0.717) is 35.8 Å². The molecular weight excluding hydrogens is 532 g/mol. The Hall–Kier alpha value is -5.24. The highest BCUT2D eigenvalue weighted by Crippen LogP contribution is 2.37. The first-order valence-electron chi connectivity index (χ1n) is 12.4. The quantitative estimate of drug-likeness (QED) is 0.0854. The highest BCUT2D eigenvalue weighted by molar-refractivity contribution is 5.98. The van der Waals surface area contributed by atoms with Gasteiger partial charge >= 0.3 is 11.7 Å². The van der Waals surface area contributed by atoms with Crippen molar-refractivity contribution in [2.75, 3.05) is 33.3 Å². The molecule has 1 atom stereocenters. The minimum Gasteiger partial charge on any atom is -0.493 e. The van der Waals surface area contributed by atoms with Crippen LogP contribution in [0.4, 0.5) is 5.69 Å². The van der Waals surface area contributed by atoms with E-state index in [1.165, 1.54) is 26.3 Å². The number of hydrogen-bond donors (Lipinski definition) is 4. The summed E-state index contributed by atoms with van der Waals surface area (Å²) in [5.74, 6) is 0.750. The second-order valence-electron chi connectivity index (χ2n) is 8.76. The number of hydrogen-bond acceptors (Lipinski definition) is 11. The van der Waals surface area contributed by atoms with Gasteiger partial charge in [0.25, 0.3) is 0 Å². The number of aromatic amines is 1. The van der Waals surface area contributed by atoms with Gasteiger partial charge in [0.15, 0.2) is 23.1 Å². The lowest BCUT2D eigenvalue weighted by Gasteiger charge is -2.22. The molecule has 0 saturated carbocycles. The van der Waals surface area contributed by atoms with Crippen LogP contribution in [-0.4, -0.2) is 64.7 Å². The van der Waals surface area contributed by atoms with Gasteiger partial charge in [-0.3, -0.25) is 15.2 Å². The maximum Gasteiger partial charge on any atom is 0.349 e. The van der Waals surface area contributed by atoms with Crippen molar-refractivity contribution in [2.24, 2.45) is 5.73 Å². The van der Waals surface area contributed by atoms with Gasteiger partial charge in [0, 0.05) is 37.5 Å². The minimum absolute atomic E-state index is 0.0976. The van der Waals surface area contributed by atoms with Crippen molar-refractivity contribution < 1.29 is 23.7 Å². The third-order valence-electron chi connectivity index (χ3n) is 6.01. The number of nitrogen functional groups attached to an aromatic ring is 1. The number of esters is 1. The van der Waals surface area contributed by atoms with Gasteiger partial charge in [-0.25, -0.2) is 4.79 Å².